The van der Waals surface area contributed by atoms with Gasteiger partial charge in [0.2, 0.25) is 6.79 Å². The number of benzene rings is 2. The van der Waals surface area contributed by atoms with Gasteiger partial charge in [0.05, 0.1) is 12.8 Å². The van der Waals surface area contributed by atoms with Crippen molar-refractivity contribution < 1.29 is 14.2 Å². The lowest BCUT2D eigenvalue weighted by molar-refractivity contribution is 0.174. The van der Waals surface area contributed by atoms with Crippen molar-refractivity contribution in [2.24, 2.45) is 0 Å². The van der Waals surface area contributed by atoms with Crippen LogP contribution in [0.4, 0.5) is 17.3 Å². The van der Waals surface area contributed by atoms with E-state index >= 15 is 0 Å². The third-order valence-corrected chi connectivity index (χ3v) is 4.41. The molecule has 7 nitrogen and oxygen atoms in total. The van der Waals surface area contributed by atoms with Crippen molar-refractivity contribution in [2.75, 3.05) is 24.5 Å². The monoisotopic (exact) mass is 398 g/mol. The summed E-state index contributed by atoms with van der Waals surface area (Å²) >= 11 is 6.10. The van der Waals surface area contributed by atoms with Gasteiger partial charge < -0.3 is 24.8 Å². The summed E-state index contributed by atoms with van der Waals surface area (Å²) in [5.41, 5.74) is 1.79. The summed E-state index contributed by atoms with van der Waals surface area (Å²) in [6.07, 6.45) is 0. The molecule has 0 saturated heterocycles. The zero-order valence-corrected chi connectivity index (χ0v) is 16.2. The Morgan fingerprint density at radius 3 is 2.71 bits per heavy atom. The van der Waals surface area contributed by atoms with Crippen LogP contribution >= 0.6 is 11.6 Å². The van der Waals surface area contributed by atoms with Crippen molar-refractivity contribution >= 4 is 28.9 Å². The lowest BCUT2D eigenvalue weighted by Crippen LogP contribution is -2.05. The van der Waals surface area contributed by atoms with Crippen LogP contribution in [-0.2, 0) is 6.54 Å². The van der Waals surface area contributed by atoms with E-state index in [1.54, 1.807) is 25.3 Å². The second-order valence-corrected chi connectivity index (χ2v) is 6.63. The highest BCUT2D eigenvalue weighted by Crippen LogP contribution is 2.33. The van der Waals surface area contributed by atoms with E-state index in [2.05, 4.69) is 20.6 Å². The highest BCUT2D eigenvalue weighted by molar-refractivity contribution is 6.31. The van der Waals surface area contributed by atoms with E-state index in [-0.39, 0.29) is 6.79 Å². The molecule has 1 aliphatic rings. The molecule has 28 heavy (non-hydrogen) atoms. The number of halogens is 1. The van der Waals surface area contributed by atoms with Crippen molar-refractivity contribution in [1.29, 1.82) is 0 Å². The van der Waals surface area contributed by atoms with E-state index in [1.807, 2.05) is 31.2 Å². The van der Waals surface area contributed by atoms with E-state index in [1.165, 1.54) is 0 Å². The summed E-state index contributed by atoms with van der Waals surface area (Å²) in [6, 6.07) is 13.1. The Morgan fingerprint density at radius 1 is 1.04 bits per heavy atom. The molecular formula is C20H19ClN4O3. The molecule has 0 fully saturated rings. The highest BCUT2D eigenvalue weighted by atomic mass is 35.5. The summed E-state index contributed by atoms with van der Waals surface area (Å²) in [4.78, 5) is 8.89. The number of aryl methyl sites for hydroxylation is 1. The zero-order chi connectivity index (χ0) is 19.5. The van der Waals surface area contributed by atoms with Crippen LogP contribution in [0.1, 0.15) is 11.4 Å². The lowest BCUT2D eigenvalue weighted by Gasteiger charge is -2.13. The van der Waals surface area contributed by atoms with E-state index in [4.69, 9.17) is 25.8 Å². The van der Waals surface area contributed by atoms with Crippen LogP contribution in [0.3, 0.4) is 0 Å². The summed E-state index contributed by atoms with van der Waals surface area (Å²) in [6.45, 7) is 2.69. The number of ether oxygens (including phenoxy) is 3. The van der Waals surface area contributed by atoms with Crippen LogP contribution in [0, 0.1) is 6.92 Å². The number of nitrogens with zero attached hydrogens (tertiary/aromatic N) is 2. The van der Waals surface area contributed by atoms with Crippen molar-refractivity contribution in [2.45, 2.75) is 13.5 Å². The fourth-order valence-corrected chi connectivity index (χ4v) is 3.05. The Morgan fingerprint density at radius 2 is 1.86 bits per heavy atom. The maximum atomic E-state index is 6.10. The standard InChI is InChI=1S/C20H19ClN4O3/c1-12-23-19(22-10-13-3-5-17-18(7-13)28-11-27-17)9-20(24-12)25-15-8-14(21)4-6-16(15)26-2/h3-9H,10-11H2,1-2H3,(H2,22,23,24,25). The first kappa shape index (κ1) is 18.2. The minimum Gasteiger partial charge on any atom is -0.495 e. The smallest absolute Gasteiger partial charge is 0.231 e. The maximum absolute atomic E-state index is 6.10. The topological polar surface area (TPSA) is 77.5 Å². The van der Waals surface area contributed by atoms with E-state index < -0.39 is 0 Å². The Kier molecular flexibility index (Phi) is 5.08. The Balaban J connectivity index is 1.50. The SMILES string of the molecule is COc1ccc(Cl)cc1Nc1cc(NCc2ccc3c(c2)OCO3)nc(C)n1. The molecule has 0 aliphatic carbocycles. The number of fused-ring (bicyclic) bond motifs is 1. The number of rotatable bonds is 6. The fraction of sp³-hybridized carbons (Fsp3) is 0.200. The van der Waals surface area contributed by atoms with Gasteiger partial charge in [-0.25, -0.2) is 9.97 Å². The molecule has 4 rings (SSSR count). The molecule has 1 aliphatic heterocycles. The molecule has 144 valence electrons. The lowest BCUT2D eigenvalue weighted by atomic mass is 10.2. The van der Waals surface area contributed by atoms with Gasteiger partial charge in [-0.3, -0.25) is 0 Å². The van der Waals surface area contributed by atoms with Gasteiger partial charge in [0.15, 0.2) is 11.5 Å². The molecule has 3 aromatic rings. The molecule has 0 bridgehead atoms. The van der Waals surface area contributed by atoms with E-state index in [0.717, 1.165) is 22.7 Å². The second kappa shape index (κ2) is 7.82. The Hall–Kier alpha value is -3.19. The van der Waals surface area contributed by atoms with Gasteiger partial charge >= 0.3 is 0 Å². The maximum Gasteiger partial charge on any atom is 0.231 e. The van der Waals surface area contributed by atoms with Crippen LogP contribution in [0.5, 0.6) is 17.2 Å². The first-order chi connectivity index (χ1) is 13.6. The molecule has 2 N–H and O–H groups in total. The fourth-order valence-electron chi connectivity index (χ4n) is 2.88. The third kappa shape index (κ3) is 4.04. The summed E-state index contributed by atoms with van der Waals surface area (Å²) in [5.74, 6) is 4.18. The van der Waals surface area contributed by atoms with Crippen molar-refractivity contribution in [3.8, 4) is 17.2 Å². The third-order valence-electron chi connectivity index (χ3n) is 4.17. The normalized spacial score (nSPS) is 12.0. The van der Waals surface area contributed by atoms with Gasteiger partial charge in [-0.2, -0.15) is 0 Å². The second-order valence-electron chi connectivity index (χ2n) is 6.20. The first-order valence-electron chi connectivity index (χ1n) is 8.69. The molecule has 0 saturated carbocycles. The molecule has 0 atom stereocenters. The number of hydrogen-bond acceptors (Lipinski definition) is 7. The average molecular weight is 399 g/mol. The van der Waals surface area contributed by atoms with Crippen LogP contribution in [0.2, 0.25) is 5.02 Å². The largest absolute Gasteiger partial charge is 0.495 e. The van der Waals surface area contributed by atoms with Gasteiger partial charge in [-0.05, 0) is 42.8 Å². The van der Waals surface area contributed by atoms with E-state index in [9.17, 15) is 0 Å². The van der Waals surface area contributed by atoms with E-state index in [0.29, 0.717) is 34.8 Å². The average Bonchev–Trinajstić information content (AvgIpc) is 3.14. The molecule has 0 amide bonds. The Bertz CT molecular complexity index is 1010. The van der Waals surface area contributed by atoms with Gasteiger partial charge in [-0.1, -0.05) is 17.7 Å². The van der Waals surface area contributed by atoms with Crippen molar-refractivity contribution in [3.05, 3.63) is 58.9 Å². The Labute approximate surface area is 167 Å². The van der Waals surface area contributed by atoms with Gasteiger partial charge in [0.1, 0.15) is 23.2 Å². The zero-order valence-electron chi connectivity index (χ0n) is 15.5. The number of anilines is 3. The van der Waals surface area contributed by atoms with Crippen LogP contribution in [0.15, 0.2) is 42.5 Å². The number of methoxy groups -OCH3 is 1. The number of nitrogens with one attached hydrogen (secondary N) is 2. The first-order valence-corrected chi connectivity index (χ1v) is 9.07. The van der Waals surface area contributed by atoms with Crippen LogP contribution in [0.25, 0.3) is 0 Å². The molecule has 0 spiro atoms. The predicted octanol–water partition coefficient (Wildman–Crippen LogP) is 4.53. The minimum atomic E-state index is 0.263. The van der Waals surface area contributed by atoms with Crippen LogP contribution in [-0.4, -0.2) is 23.9 Å². The van der Waals surface area contributed by atoms with Gasteiger partial charge in [-0.15, -0.1) is 0 Å². The number of hydrogen-bond donors (Lipinski definition) is 2. The molecule has 1 aromatic heterocycles. The molecular weight excluding hydrogens is 380 g/mol. The predicted molar refractivity (Wildman–Crippen MR) is 108 cm³/mol. The quantitative estimate of drug-likeness (QED) is 0.631. The molecule has 0 unspecified atom stereocenters. The van der Waals surface area contributed by atoms with Crippen molar-refractivity contribution in [1.82, 2.24) is 9.97 Å². The minimum absolute atomic E-state index is 0.263. The summed E-state index contributed by atoms with van der Waals surface area (Å²) in [5, 5.41) is 7.16. The molecule has 0 radical (unpaired) electrons. The molecule has 2 aromatic carbocycles. The molecule has 8 heteroatoms. The summed E-state index contributed by atoms with van der Waals surface area (Å²) < 4.78 is 16.1. The van der Waals surface area contributed by atoms with Gasteiger partial charge in [0.25, 0.3) is 0 Å². The summed E-state index contributed by atoms with van der Waals surface area (Å²) in [7, 11) is 1.61. The number of aromatic nitrogens is 2. The molecule has 2 heterocycles. The van der Waals surface area contributed by atoms with Crippen LogP contribution < -0.4 is 24.8 Å². The van der Waals surface area contributed by atoms with Crippen molar-refractivity contribution in [3.63, 3.8) is 0 Å². The van der Waals surface area contributed by atoms with Gasteiger partial charge in [0, 0.05) is 17.6 Å². The highest BCUT2D eigenvalue weighted by Gasteiger charge is 2.13.